The SMILES string of the molecule is O=C(COC(=O)Cc1ccccc1Cl)Nc1ccccc1C(=O)NC1CC1. The highest BCUT2D eigenvalue weighted by Crippen LogP contribution is 2.21. The fourth-order valence-electron chi connectivity index (χ4n) is 2.46. The van der Waals surface area contributed by atoms with Crippen LogP contribution in [0.25, 0.3) is 0 Å². The minimum Gasteiger partial charge on any atom is -0.455 e. The normalized spacial score (nSPS) is 12.9. The number of carbonyl (C=O) groups is 3. The van der Waals surface area contributed by atoms with Crippen molar-refractivity contribution in [2.24, 2.45) is 0 Å². The van der Waals surface area contributed by atoms with Crippen LogP contribution in [-0.4, -0.2) is 30.4 Å². The number of para-hydroxylation sites is 1. The number of rotatable bonds is 7. The summed E-state index contributed by atoms with van der Waals surface area (Å²) in [5, 5.41) is 5.96. The molecule has 1 saturated carbocycles. The Morgan fingerprint density at radius 1 is 1.04 bits per heavy atom. The molecule has 0 atom stereocenters. The summed E-state index contributed by atoms with van der Waals surface area (Å²) in [7, 11) is 0. The van der Waals surface area contributed by atoms with Crippen LogP contribution in [0, 0.1) is 0 Å². The first kappa shape index (κ1) is 18.9. The van der Waals surface area contributed by atoms with Gasteiger partial charge in [0.15, 0.2) is 6.61 Å². The van der Waals surface area contributed by atoms with Crippen molar-refractivity contribution in [2.45, 2.75) is 25.3 Å². The predicted molar refractivity (Wildman–Crippen MR) is 102 cm³/mol. The Morgan fingerprint density at radius 2 is 1.74 bits per heavy atom. The monoisotopic (exact) mass is 386 g/mol. The fraction of sp³-hybridized carbons (Fsp3) is 0.250. The molecule has 6 nitrogen and oxygen atoms in total. The van der Waals surface area contributed by atoms with Crippen LogP contribution in [0.4, 0.5) is 5.69 Å². The average molecular weight is 387 g/mol. The molecule has 1 aliphatic carbocycles. The Hall–Kier alpha value is -2.86. The molecule has 3 rings (SSSR count). The van der Waals surface area contributed by atoms with Crippen LogP contribution in [0.3, 0.4) is 0 Å². The number of esters is 1. The maximum Gasteiger partial charge on any atom is 0.310 e. The van der Waals surface area contributed by atoms with E-state index in [1.807, 2.05) is 0 Å². The van der Waals surface area contributed by atoms with E-state index in [0.717, 1.165) is 12.8 Å². The molecule has 1 aliphatic rings. The molecule has 0 aromatic heterocycles. The number of carbonyl (C=O) groups excluding carboxylic acids is 3. The maximum absolute atomic E-state index is 12.2. The van der Waals surface area contributed by atoms with Gasteiger partial charge >= 0.3 is 5.97 Å². The molecule has 140 valence electrons. The standard InChI is InChI=1S/C20H19ClN2O4/c21-16-7-3-1-5-13(16)11-19(25)27-12-18(24)23-17-8-4-2-6-15(17)20(26)22-14-9-10-14/h1-8,14H,9-12H2,(H,22,26)(H,23,24). The van der Waals surface area contributed by atoms with Crippen molar-refractivity contribution in [3.05, 3.63) is 64.7 Å². The van der Waals surface area contributed by atoms with Gasteiger partial charge in [-0.15, -0.1) is 0 Å². The second kappa shape index (κ2) is 8.68. The highest BCUT2D eigenvalue weighted by Gasteiger charge is 2.25. The molecule has 2 N–H and O–H groups in total. The van der Waals surface area contributed by atoms with E-state index in [1.165, 1.54) is 0 Å². The van der Waals surface area contributed by atoms with Crippen molar-refractivity contribution in [3.63, 3.8) is 0 Å². The summed E-state index contributed by atoms with van der Waals surface area (Å²) < 4.78 is 5.00. The summed E-state index contributed by atoms with van der Waals surface area (Å²) in [5.74, 6) is -1.31. The van der Waals surface area contributed by atoms with Gasteiger partial charge in [-0.1, -0.05) is 41.9 Å². The number of hydrogen-bond acceptors (Lipinski definition) is 4. The highest BCUT2D eigenvalue weighted by molar-refractivity contribution is 6.31. The van der Waals surface area contributed by atoms with Gasteiger partial charge in [-0.25, -0.2) is 0 Å². The summed E-state index contributed by atoms with van der Waals surface area (Å²) >= 11 is 6.00. The minimum absolute atomic E-state index is 0.0205. The van der Waals surface area contributed by atoms with Gasteiger partial charge in [0, 0.05) is 11.1 Å². The smallest absolute Gasteiger partial charge is 0.310 e. The van der Waals surface area contributed by atoms with E-state index in [1.54, 1.807) is 48.5 Å². The second-order valence-electron chi connectivity index (χ2n) is 6.27. The number of benzene rings is 2. The van der Waals surface area contributed by atoms with Gasteiger partial charge in [0.2, 0.25) is 0 Å². The van der Waals surface area contributed by atoms with Crippen LogP contribution in [0.2, 0.25) is 5.02 Å². The quantitative estimate of drug-likeness (QED) is 0.716. The van der Waals surface area contributed by atoms with Gasteiger partial charge in [-0.2, -0.15) is 0 Å². The van der Waals surface area contributed by atoms with Gasteiger partial charge in [-0.05, 0) is 36.6 Å². The molecule has 0 spiro atoms. The first-order valence-corrected chi connectivity index (χ1v) is 8.99. The van der Waals surface area contributed by atoms with Crippen molar-refractivity contribution in [2.75, 3.05) is 11.9 Å². The van der Waals surface area contributed by atoms with E-state index in [0.29, 0.717) is 21.8 Å². The Bertz CT molecular complexity index is 865. The second-order valence-corrected chi connectivity index (χ2v) is 6.68. The average Bonchev–Trinajstić information content (AvgIpc) is 3.46. The molecule has 0 heterocycles. The third-order valence-electron chi connectivity index (χ3n) is 4.02. The lowest BCUT2D eigenvalue weighted by Crippen LogP contribution is -2.28. The number of anilines is 1. The molecule has 0 aliphatic heterocycles. The number of amides is 2. The van der Waals surface area contributed by atoms with Crippen LogP contribution in [0.15, 0.2) is 48.5 Å². The van der Waals surface area contributed by atoms with Crippen LogP contribution >= 0.6 is 11.6 Å². The summed E-state index contributed by atoms with van der Waals surface area (Å²) in [6.07, 6.45) is 1.93. The van der Waals surface area contributed by atoms with E-state index < -0.39 is 18.5 Å². The molecular weight excluding hydrogens is 368 g/mol. The Morgan fingerprint density at radius 3 is 2.48 bits per heavy atom. The zero-order valence-electron chi connectivity index (χ0n) is 14.5. The van der Waals surface area contributed by atoms with E-state index in [4.69, 9.17) is 16.3 Å². The molecular formula is C20H19ClN2O4. The third kappa shape index (κ3) is 5.56. The largest absolute Gasteiger partial charge is 0.455 e. The zero-order chi connectivity index (χ0) is 19.2. The summed E-state index contributed by atoms with van der Waals surface area (Å²) in [6.45, 7) is -0.443. The molecule has 2 aromatic rings. The number of halogens is 1. The molecule has 0 saturated heterocycles. The van der Waals surface area contributed by atoms with Crippen molar-refractivity contribution in [1.29, 1.82) is 0 Å². The summed E-state index contributed by atoms with van der Waals surface area (Å²) in [5.41, 5.74) is 1.38. The lowest BCUT2D eigenvalue weighted by atomic mass is 10.1. The van der Waals surface area contributed by atoms with E-state index in [2.05, 4.69) is 10.6 Å². The van der Waals surface area contributed by atoms with Gasteiger partial charge in [-0.3, -0.25) is 14.4 Å². The lowest BCUT2D eigenvalue weighted by Gasteiger charge is -2.11. The fourth-order valence-corrected chi connectivity index (χ4v) is 2.66. The Balaban J connectivity index is 1.52. The van der Waals surface area contributed by atoms with Gasteiger partial charge in [0.05, 0.1) is 17.7 Å². The van der Waals surface area contributed by atoms with E-state index >= 15 is 0 Å². The van der Waals surface area contributed by atoms with Crippen molar-refractivity contribution in [1.82, 2.24) is 5.32 Å². The van der Waals surface area contributed by atoms with Crippen LogP contribution in [-0.2, 0) is 20.7 Å². The van der Waals surface area contributed by atoms with Crippen molar-refractivity contribution < 1.29 is 19.1 Å². The zero-order valence-corrected chi connectivity index (χ0v) is 15.3. The summed E-state index contributed by atoms with van der Waals surface area (Å²) in [6, 6.07) is 13.9. The van der Waals surface area contributed by atoms with E-state index in [9.17, 15) is 14.4 Å². The van der Waals surface area contributed by atoms with Crippen LogP contribution in [0.1, 0.15) is 28.8 Å². The topological polar surface area (TPSA) is 84.5 Å². The molecule has 1 fully saturated rings. The summed E-state index contributed by atoms with van der Waals surface area (Å²) in [4.78, 5) is 36.2. The molecule has 27 heavy (non-hydrogen) atoms. The Kier molecular flexibility index (Phi) is 6.08. The minimum atomic E-state index is -0.557. The van der Waals surface area contributed by atoms with Gasteiger partial charge < -0.3 is 15.4 Å². The molecule has 0 unspecified atom stereocenters. The van der Waals surface area contributed by atoms with Crippen molar-refractivity contribution >= 4 is 35.1 Å². The third-order valence-corrected chi connectivity index (χ3v) is 4.38. The molecule has 7 heteroatoms. The van der Waals surface area contributed by atoms with E-state index in [-0.39, 0.29) is 18.4 Å². The lowest BCUT2D eigenvalue weighted by molar-refractivity contribution is -0.146. The van der Waals surface area contributed by atoms with Crippen LogP contribution < -0.4 is 10.6 Å². The van der Waals surface area contributed by atoms with Gasteiger partial charge in [0.25, 0.3) is 11.8 Å². The predicted octanol–water partition coefficient (Wildman–Crippen LogP) is 2.96. The maximum atomic E-state index is 12.2. The molecule has 2 amide bonds. The highest BCUT2D eigenvalue weighted by atomic mass is 35.5. The number of ether oxygens (including phenoxy) is 1. The Labute approximate surface area is 161 Å². The molecule has 0 bridgehead atoms. The number of nitrogens with one attached hydrogen (secondary N) is 2. The first-order chi connectivity index (χ1) is 13.0. The van der Waals surface area contributed by atoms with Gasteiger partial charge in [0.1, 0.15) is 0 Å². The molecule has 0 radical (unpaired) electrons. The molecule has 2 aromatic carbocycles. The first-order valence-electron chi connectivity index (χ1n) is 8.61. The van der Waals surface area contributed by atoms with Crippen LogP contribution in [0.5, 0.6) is 0 Å². The van der Waals surface area contributed by atoms with Crippen molar-refractivity contribution in [3.8, 4) is 0 Å². The number of hydrogen-bond donors (Lipinski definition) is 2.